The van der Waals surface area contributed by atoms with E-state index in [9.17, 15) is 9.18 Å². The molecule has 2 aromatic carbocycles. The van der Waals surface area contributed by atoms with Crippen LogP contribution in [0.1, 0.15) is 20.8 Å². The summed E-state index contributed by atoms with van der Waals surface area (Å²) in [6.45, 7) is 0.816. The Morgan fingerprint density at radius 3 is 2.60 bits per heavy atom. The van der Waals surface area contributed by atoms with Gasteiger partial charge in [-0.1, -0.05) is 42.5 Å². The summed E-state index contributed by atoms with van der Waals surface area (Å²) in [6.07, 6.45) is 0.793. The molecule has 0 bridgehead atoms. The van der Waals surface area contributed by atoms with Gasteiger partial charge in [0.15, 0.2) is 11.6 Å². The average molecular weight is 355 g/mol. The van der Waals surface area contributed by atoms with Crippen molar-refractivity contribution in [2.45, 2.75) is 13.0 Å². The van der Waals surface area contributed by atoms with Crippen molar-refractivity contribution in [3.05, 3.63) is 87.9 Å². The van der Waals surface area contributed by atoms with Crippen molar-refractivity contribution in [2.24, 2.45) is 0 Å². The van der Waals surface area contributed by atoms with Gasteiger partial charge in [0.25, 0.3) is 5.91 Å². The number of ether oxygens (including phenoxy) is 1. The zero-order valence-electron chi connectivity index (χ0n) is 13.6. The van der Waals surface area contributed by atoms with Crippen LogP contribution in [-0.2, 0) is 13.0 Å². The lowest BCUT2D eigenvalue weighted by molar-refractivity contribution is 0.0958. The maximum Gasteiger partial charge on any atom is 0.261 e. The third-order valence-corrected chi connectivity index (χ3v) is 4.63. The molecular formula is C20H18FNO2S. The van der Waals surface area contributed by atoms with Crippen LogP contribution in [0.25, 0.3) is 0 Å². The van der Waals surface area contributed by atoms with E-state index >= 15 is 0 Å². The van der Waals surface area contributed by atoms with Crippen molar-refractivity contribution in [3.63, 3.8) is 0 Å². The minimum Gasteiger partial charge on any atom is -0.486 e. The van der Waals surface area contributed by atoms with Crippen molar-refractivity contribution < 1.29 is 13.9 Å². The molecule has 5 heteroatoms. The number of nitrogens with one attached hydrogen (secondary N) is 1. The van der Waals surface area contributed by atoms with E-state index in [0.717, 1.165) is 12.0 Å². The van der Waals surface area contributed by atoms with Gasteiger partial charge in [-0.05, 0) is 35.6 Å². The molecule has 0 radical (unpaired) electrons. The Bertz CT molecular complexity index is 832. The van der Waals surface area contributed by atoms with E-state index in [0.29, 0.717) is 11.4 Å². The molecule has 0 aliphatic carbocycles. The zero-order chi connectivity index (χ0) is 17.5. The third kappa shape index (κ3) is 4.90. The minimum atomic E-state index is -0.392. The van der Waals surface area contributed by atoms with Gasteiger partial charge in [0.1, 0.15) is 6.61 Å². The summed E-state index contributed by atoms with van der Waals surface area (Å²) in [6, 6.07) is 18.1. The molecule has 3 nitrogen and oxygen atoms in total. The summed E-state index contributed by atoms with van der Waals surface area (Å²) in [7, 11) is 0. The first-order chi connectivity index (χ1) is 12.2. The minimum absolute atomic E-state index is 0.0990. The van der Waals surface area contributed by atoms with Gasteiger partial charge in [-0.25, -0.2) is 4.39 Å². The molecule has 1 aromatic heterocycles. The Morgan fingerprint density at radius 1 is 1.04 bits per heavy atom. The van der Waals surface area contributed by atoms with E-state index in [2.05, 4.69) is 5.32 Å². The lowest BCUT2D eigenvalue weighted by atomic mass is 10.1. The maximum absolute atomic E-state index is 13.5. The molecule has 3 aromatic rings. The number of carbonyl (C=O) groups is 1. The maximum atomic E-state index is 13.5. The predicted octanol–water partition coefficient (Wildman–Crippen LogP) is 4.44. The summed E-state index contributed by atoms with van der Waals surface area (Å²) < 4.78 is 19.0. The van der Waals surface area contributed by atoms with Crippen LogP contribution in [0.4, 0.5) is 4.39 Å². The quantitative estimate of drug-likeness (QED) is 0.680. The zero-order valence-corrected chi connectivity index (χ0v) is 14.4. The molecule has 0 aliphatic heterocycles. The van der Waals surface area contributed by atoms with Crippen LogP contribution in [-0.4, -0.2) is 12.5 Å². The molecule has 0 aliphatic rings. The third-order valence-electron chi connectivity index (χ3n) is 3.65. The smallest absolute Gasteiger partial charge is 0.261 e. The Morgan fingerprint density at radius 2 is 1.80 bits per heavy atom. The number of hydrogen-bond acceptors (Lipinski definition) is 3. The van der Waals surface area contributed by atoms with Gasteiger partial charge >= 0.3 is 0 Å². The fraction of sp³-hybridized carbons (Fsp3) is 0.150. The second kappa shape index (κ2) is 8.44. The first-order valence-corrected chi connectivity index (χ1v) is 8.87. The molecule has 0 unspecified atom stereocenters. The highest BCUT2D eigenvalue weighted by Crippen LogP contribution is 2.20. The van der Waals surface area contributed by atoms with Gasteiger partial charge in [0.2, 0.25) is 0 Å². The van der Waals surface area contributed by atoms with E-state index in [-0.39, 0.29) is 18.3 Å². The van der Waals surface area contributed by atoms with Crippen LogP contribution < -0.4 is 10.1 Å². The van der Waals surface area contributed by atoms with Gasteiger partial charge in [-0.15, -0.1) is 11.3 Å². The fourth-order valence-electron chi connectivity index (χ4n) is 2.35. The molecule has 0 fully saturated rings. The van der Waals surface area contributed by atoms with Gasteiger partial charge in [-0.2, -0.15) is 0 Å². The normalized spacial score (nSPS) is 10.4. The van der Waals surface area contributed by atoms with Crippen LogP contribution >= 0.6 is 11.3 Å². The molecule has 0 saturated carbocycles. The number of thiophene rings is 1. The Kier molecular flexibility index (Phi) is 5.80. The van der Waals surface area contributed by atoms with Crippen LogP contribution in [0.3, 0.4) is 0 Å². The number of hydrogen-bond donors (Lipinski definition) is 1. The van der Waals surface area contributed by atoms with Crippen molar-refractivity contribution >= 4 is 17.2 Å². The van der Waals surface area contributed by atoms with Gasteiger partial charge in [0.05, 0.1) is 4.88 Å². The van der Waals surface area contributed by atoms with Crippen molar-refractivity contribution in [1.29, 1.82) is 0 Å². The summed E-state index contributed by atoms with van der Waals surface area (Å²) >= 11 is 1.36. The molecular weight excluding hydrogens is 337 g/mol. The van der Waals surface area contributed by atoms with Crippen LogP contribution in [0, 0.1) is 5.82 Å². The lowest BCUT2D eigenvalue weighted by Crippen LogP contribution is -2.24. The lowest BCUT2D eigenvalue weighted by Gasteiger charge is -2.05. The van der Waals surface area contributed by atoms with E-state index in [1.54, 1.807) is 24.3 Å². The topological polar surface area (TPSA) is 38.3 Å². The highest BCUT2D eigenvalue weighted by molar-refractivity contribution is 7.12. The number of para-hydroxylation sites is 1. The Labute approximate surface area is 150 Å². The molecule has 1 amide bonds. The molecule has 0 atom stereocenters. The highest BCUT2D eigenvalue weighted by Gasteiger charge is 2.10. The number of amides is 1. The average Bonchev–Trinajstić information content (AvgIpc) is 3.11. The molecule has 0 spiro atoms. The monoisotopic (exact) mass is 355 g/mol. The van der Waals surface area contributed by atoms with Crippen LogP contribution in [0.5, 0.6) is 5.75 Å². The van der Waals surface area contributed by atoms with Gasteiger partial charge in [-0.3, -0.25) is 4.79 Å². The van der Waals surface area contributed by atoms with E-state index in [1.807, 2.05) is 35.7 Å². The first-order valence-electron chi connectivity index (χ1n) is 7.99. The SMILES string of the molecule is O=C(NCCc1ccccc1)c1cc(COc2ccccc2F)cs1. The van der Waals surface area contributed by atoms with Gasteiger partial charge < -0.3 is 10.1 Å². The fourth-order valence-corrected chi connectivity index (χ4v) is 3.16. The summed E-state index contributed by atoms with van der Waals surface area (Å²) in [5.41, 5.74) is 2.04. The van der Waals surface area contributed by atoms with E-state index in [4.69, 9.17) is 4.74 Å². The Hall–Kier alpha value is -2.66. The predicted molar refractivity (Wildman–Crippen MR) is 97.5 cm³/mol. The molecule has 1 N–H and O–H groups in total. The molecule has 128 valence electrons. The second-order valence-electron chi connectivity index (χ2n) is 5.53. The van der Waals surface area contributed by atoms with Crippen molar-refractivity contribution in [3.8, 4) is 5.75 Å². The summed E-state index contributed by atoms with van der Waals surface area (Å²) in [5, 5.41) is 4.77. The second-order valence-corrected chi connectivity index (χ2v) is 6.44. The summed E-state index contributed by atoms with van der Waals surface area (Å²) in [5.74, 6) is -0.280. The molecule has 25 heavy (non-hydrogen) atoms. The molecule has 3 rings (SSSR count). The van der Waals surface area contributed by atoms with E-state index < -0.39 is 5.82 Å². The van der Waals surface area contributed by atoms with Crippen LogP contribution in [0.15, 0.2) is 66.0 Å². The number of rotatable bonds is 7. The molecule has 0 saturated heterocycles. The van der Waals surface area contributed by atoms with Crippen molar-refractivity contribution in [2.75, 3.05) is 6.54 Å². The standard InChI is InChI=1S/C20H18FNO2S/c21-17-8-4-5-9-18(17)24-13-16-12-19(25-14-16)20(23)22-11-10-15-6-2-1-3-7-15/h1-9,12,14H,10-11,13H2,(H,22,23). The molecule has 1 heterocycles. The summed E-state index contributed by atoms with van der Waals surface area (Å²) in [4.78, 5) is 12.8. The number of benzene rings is 2. The van der Waals surface area contributed by atoms with Gasteiger partial charge in [0, 0.05) is 12.1 Å². The number of halogens is 1. The van der Waals surface area contributed by atoms with Crippen molar-refractivity contribution in [1.82, 2.24) is 5.32 Å². The van der Waals surface area contributed by atoms with E-state index in [1.165, 1.54) is 23.0 Å². The highest BCUT2D eigenvalue weighted by atomic mass is 32.1. The number of carbonyl (C=O) groups excluding carboxylic acids is 1. The van der Waals surface area contributed by atoms with Crippen LogP contribution in [0.2, 0.25) is 0 Å². The Balaban J connectivity index is 1.49. The first kappa shape index (κ1) is 17.2. The largest absolute Gasteiger partial charge is 0.486 e.